The minimum absolute atomic E-state index is 0.0540. The Kier molecular flexibility index (Phi) is 5.65. The van der Waals surface area contributed by atoms with Crippen molar-refractivity contribution in [3.05, 3.63) is 83.2 Å². The topological polar surface area (TPSA) is 46.1 Å². The van der Waals surface area contributed by atoms with Crippen molar-refractivity contribution in [1.82, 2.24) is 9.97 Å². The number of para-hydroxylation sites is 1. The van der Waals surface area contributed by atoms with Gasteiger partial charge in [0.05, 0.1) is 16.8 Å². The first kappa shape index (κ1) is 19.6. The number of thioether (sulfide) groups is 1. The summed E-state index contributed by atoms with van der Waals surface area (Å²) in [5, 5.41) is 0.702. The highest BCUT2D eigenvalue weighted by atomic mass is 32.2. The Morgan fingerprint density at radius 2 is 1.97 bits per heavy atom. The molecule has 0 saturated heterocycles. The zero-order chi connectivity index (χ0) is 20.4. The predicted molar refractivity (Wildman–Crippen MR) is 122 cm³/mol. The van der Waals surface area contributed by atoms with E-state index >= 15 is 0 Å². The maximum Gasteiger partial charge on any atom is 0.260 e. The molecule has 0 radical (unpaired) electrons. The molecule has 0 aliphatic heterocycles. The number of thiazole rings is 1. The summed E-state index contributed by atoms with van der Waals surface area (Å²) >= 11 is 3.21. The highest BCUT2D eigenvalue weighted by Crippen LogP contribution is 2.35. The number of fused-ring (bicyclic) bond motifs is 1. The molecule has 4 rings (SSSR count). The molecule has 2 aromatic heterocycles. The van der Waals surface area contributed by atoms with Crippen LogP contribution in [0.15, 0.2) is 65.8 Å². The first-order valence-electron chi connectivity index (χ1n) is 9.28. The summed E-state index contributed by atoms with van der Waals surface area (Å²) in [5.74, 6) is -0.0540. The van der Waals surface area contributed by atoms with Gasteiger partial charge in [-0.25, -0.2) is 4.98 Å². The first-order chi connectivity index (χ1) is 14.1. The molecule has 4 nitrogen and oxygen atoms in total. The van der Waals surface area contributed by atoms with E-state index < -0.39 is 0 Å². The summed E-state index contributed by atoms with van der Waals surface area (Å²) in [7, 11) is 0. The van der Waals surface area contributed by atoms with E-state index in [0.717, 1.165) is 26.2 Å². The van der Waals surface area contributed by atoms with Crippen LogP contribution in [0.4, 0.5) is 5.13 Å². The van der Waals surface area contributed by atoms with Crippen molar-refractivity contribution in [1.29, 1.82) is 0 Å². The van der Waals surface area contributed by atoms with Crippen molar-refractivity contribution in [2.45, 2.75) is 25.3 Å². The molecule has 0 fully saturated rings. The largest absolute Gasteiger partial charge is 0.279 e. The van der Waals surface area contributed by atoms with Gasteiger partial charge in [-0.05, 0) is 67.1 Å². The lowest BCUT2D eigenvalue weighted by Gasteiger charge is -2.20. The summed E-state index contributed by atoms with van der Waals surface area (Å²) in [6, 6.07) is 15.9. The summed E-state index contributed by atoms with van der Waals surface area (Å²) in [6.07, 6.45) is 5.57. The monoisotopic (exact) mass is 419 g/mol. The fourth-order valence-electron chi connectivity index (χ4n) is 3.12. The summed E-state index contributed by atoms with van der Waals surface area (Å²) in [6.45, 7) is 4.50. The molecule has 0 atom stereocenters. The quantitative estimate of drug-likeness (QED) is 0.379. The number of benzene rings is 2. The lowest BCUT2D eigenvalue weighted by atomic mass is 10.1. The summed E-state index contributed by atoms with van der Waals surface area (Å²) in [4.78, 5) is 25.4. The van der Waals surface area contributed by atoms with Crippen LogP contribution >= 0.6 is 23.1 Å². The molecule has 146 valence electrons. The number of carbonyl (C=O) groups excluding carboxylic acids is 1. The Morgan fingerprint density at radius 1 is 1.10 bits per heavy atom. The second-order valence-electron chi connectivity index (χ2n) is 6.86. The fraction of sp³-hybridized carbons (Fsp3) is 0.174. The third kappa shape index (κ3) is 4.04. The molecule has 4 aromatic rings. The average molecular weight is 420 g/mol. The molecule has 0 unspecified atom stereocenters. The van der Waals surface area contributed by atoms with Gasteiger partial charge in [0.25, 0.3) is 5.91 Å². The van der Waals surface area contributed by atoms with Gasteiger partial charge in [0, 0.05) is 22.9 Å². The molecule has 0 saturated carbocycles. The van der Waals surface area contributed by atoms with Gasteiger partial charge in [-0.3, -0.25) is 14.7 Å². The van der Waals surface area contributed by atoms with Crippen LogP contribution in [0, 0.1) is 13.8 Å². The van der Waals surface area contributed by atoms with E-state index in [9.17, 15) is 4.79 Å². The molecule has 0 spiro atoms. The van der Waals surface area contributed by atoms with Crippen molar-refractivity contribution in [3.8, 4) is 0 Å². The second kappa shape index (κ2) is 8.35. The van der Waals surface area contributed by atoms with Crippen molar-refractivity contribution in [2.24, 2.45) is 0 Å². The van der Waals surface area contributed by atoms with E-state index in [1.807, 2.05) is 49.6 Å². The van der Waals surface area contributed by atoms with E-state index in [-0.39, 0.29) is 5.91 Å². The molecule has 0 N–H and O–H groups in total. The molecule has 2 heterocycles. The van der Waals surface area contributed by atoms with E-state index in [1.165, 1.54) is 5.56 Å². The normalized spacial score (nSPS) is 11.0. The molecule has 0 aliphatic carbocycles. The second-order valence-corrected chi connectivity index (χ2v) is 8.71. The third-order valence-electron chi connectivity index (χ3n) is 4.88. The van der Waals surface area contributed by atoms with Crippen molar-refractivity contribution in [2.75, 3.05) is 11.2 Å². The van der Waals surface area contributed by atoms with Crippen molar-refractivity contribution >= 4 is 44.4 Å². The van der Waals surface area contributed by atoms with E-state index in [0.29, 0.717) is 17.2 Å². The number of nitrogens with zero attached hydrogens (tertiary/aromatic N) is 3. The predicted octanol–water partition coefficient (Wildman–Crippen LogP) is 5.88. The van der Waals surface area contributed by atoms with Gasteiger partial charge < -0.3 is 0 Å². The van der Waals surface area contributed by atoms with Crippen molar-refractivity contribution in [3.63, 3.8) is 0 Å². The molecule has 6 heteroatoms. The van der Waals surface area contributed by atoms with Gasteiger partial charge >= 0.3 is 0 Å². The third-order valence-corrected chi connectivity index (χ3v) is 6.70. The van der Waals surface area contributed by atoms with Crippen LogP contribution in [0.25, 0.3) is 10.2 Å². The number of aryl methyl sites for hydroxylation is 2. The number of carbonyl (C=O) groups is 1. The highest BCUT2D eigenvalue weighted by molar-refractivity contribution is 7.98. The average Bonchev–Trinajstić information content (AvgIpc) is 3.18. The lowest BCUT2D eigenvalue weighted by molar-refractivity contribution is 0.0985. The van der Waals surface area contributed by atoms with Crippen molar-refractivity contribution < 1.29 is 4.79 Å². The SMILES string of the molecule is CSc1cccc2sc(N(Cc3cccnc3)C(=O)c3ccc(C)c(C)c3)nc12. The van der Waals surface area contributed by atoms with Crippen LogP contribution in [-0.2, 0) is 6.54 Å². The molecule has 0 aliphatic rings. The Hall–Kier alpha value is -2.70. The molecular formula is C23H21N3OS2. The van der Waals surface area contributed by atoms with E-state index in [4.69, 9.17) is 4.98 Å². The number of rotatable bonds is 5. The van der Waals surface area contributed by atoms with Gasteiger partial charge in [0.1, 0.15) is 0 Å². The number of amides is 1. The van der Waals surface area contributed by atoms with Gasteiger partial charge in [0.2, 0.25) is 0 Å². The van der Waals surface area contributed by atoms with Crippen LogP contribution in [0.5, 0.6) is 0 Å². The first-order valence-corrected chi connectivity index (χ1v) is 11.3. The maximum atomic E-state index is 13.5. The van der Waals surface area contributed by atoms with E-state index in [1.54, 1.807) is 40.4 Å². The van der Waals surface area contributed by atoms with Crippen LogP contribution in [0.1, 0.15) is 27.0 Å². The number of anilines is 1. The summed E-state index contributed by atoms with van der Waals surface area (Å²) in [5.41, 5.74) is 4.86. The Balaban J connectivity index is 1.80. The molecule has 1 amide bonds. The Labute approximate surface area is 178 Å². The lowest BCUT2D eigenvalue weighted by Crippen LogP contribution is -2.30. The van der Waals surface area contributed by atoms with Gasteiger partial charge in [-0.1, -0.05) is 29.5 Å². The molecule has 0 bridgehead atoms. The molecular weight excluding hydrogens is 398 g/mol. The van der Waals surface area contributed by atoms with Crippen LogP contribution < -0.4 is 4.90 Å². The van der Waals surface area contributed by atoms with Gasteiger partial charge in [-0.15, -0.1) is 11.8 Å². The zero-order valence-corrected chi connectivity index (χ0v) is 18.2. The number of aromatic nitrogens is 2. The van der Waals surface area contributed by atoms with E-state index in [2.05, 4.69) is 24.0 Å². The molecule has 29 heavy (non-hydrogen) atoms. The zero-order valence-electron chi connectivity index (χ0n) is 16.5. The minimum Gasteiger partial charge on any atom is -0.279 e. The highest BCUT2D eigenvalue weighted by Gasteiger charge is 2.23. The van der Waals surface area contributed by atoms with Crippen LogP contribution in [0.2, 0.25) is 0 Å². The maximum absolute atomic E-state index is 13.5. The summed E-state index contributed by atoms with van der Waals surface area (Å²) < 4.78 is 1.08. The van der Waals surface area contributed by atoms with Crippen LogP contribution in [0.3, 0.4) is 0 Å². The standard InChI is InChI=1S/C23H21N3OS2/c1-15-9-10-18(12-16(15)2)22(27)26(14-17-6-5-11-24-13-17)23-25-21-19(28-3)7-4-8-20(21)29-23/h4-13H,14H2,1-3H3. The number of pyridine rings is 1. The Bertz CT molecular complexity index is 1170. The smallest absolute Gasteiger partial charge is 0.260 e. The fourth-order valence-corrected chi connectivity index (χ4v) is 4.74. The van der Waals surface area contributed by atoms with Gasteiger partial charge in [-0.2, -0.15) is 0 Å². The Morgan fingerprint density at radius 3 is 2.69 bits per heavy atom. The van der Waals surface area contributed by atoms with Crippen LogP contribution in [-0.4, -0.2) is 22.1 Å². The number of hydrogen-bond donors (Lipinski definition) is 0. The minimum atomic E-state index is -0.0540. The number of hydrogen-bond acceptors (Lipinski definition) is 5. The van der Waals surface area contributed by atoms with Gasteiger partial charge in [0.15, 0.2) is 5.13 Å². The molecule has 2 aromatic carbocycles.